The SMILES string of the molecule is FC(F)c1c(CBr)cc(I)nc1Cl. The minimum Gasteiger partial charge on any atom is -0.230 e. The van der Waals surface area contributed by atoms with E-state index in [9.17, 15) is 8.78 Å². The van der Waals surface area contributed by atoms with Crippen LogP contribution in [-0.2, 0) is 5.33 Å². The Labute approximate surface area is 101 Å². The first-order valence-corrected chi connectivity index (χ1v) is 5.83. The molecule has 1 rings (SSSR count). The lowest BCUT2D eigenvalue weighted by Crippen LogP contribution is -1.97. The fourth-order valence-electron chi connectivity index (χ4n) is 0.881. The second-order valence-corrected chi connectivity index (χ2v) is 4.27. The molecule has 0 N–H and O–H groups in total. The van der Waals surface area contributed by atoms with Crippen LogP contribution in [0.15, 0.2) is 6.07 Å². The second kappa shape index (κ2) is 4.84. The van der Waals surface area contributed by atoms with Crippen LogP contribution in [0.5, 0.6) is 0 Å². The number of alkyl halides is 3. The van der Waals surface area contributed by atoms with E-state index >= 15 is 0 Å². The molecule has 0 saturated carbocycles. The third-order valence-corrected chi connectivity index (χ3v) is 2.87. The Morgan fingerprint density at radius 2 is 2.23 bits per heavy atom. The number of hydrogen-bond donors (Lipinski definition) is 0. The van der Waals surface area contributed by atoms with E-state index in [1.807, 2.05) is 22.6 Å². The summed E-state index contributed by atoms with van der Waals surface area (Å²) in [5, 5.41) is 0.238. The molecule has 0 aromatic carbocycles. The molecular formula is C7H4BrClF2IN. The van der Waals surface area contributed by atoms with Crippen molar-refractivity contribution in [3.63, 3.8) is 0 Å². The molecule has 1 aromatic rings. The topological polar surface area (TPSA) is 12.9 Å². The summed E-state index contributed by atoms with van der Waals surface area (Å²) in [4.78, 5) is 3.75. The number of rotatable bonds is 2. The van der Waals surface area contributed by atoms with Gasteiger partial charge in [-0.3, -0.25) is 0 Å². The Kier molecular flexibility index (Phi) is 4.31. The Balaban J connectivity index is 3.30. The number of nitrogens with zero attached hydrogens (tertiary/aromatic N) is 1. The summed E-state index contributed by atoms with van der Waals surface area (Å²) >= 11 is 10.6. The Morgan fingerprint density at radius 1 is 1.62 bits per heavy atom. The van der Waals surface area contributed by atoms with Gasteiger partial charge in [0.15, 0.2) is 0 Å². The molecule has 0 radical (unpaired) electrons. The lowest BCUT2D eigenvalue weighted by molar-refractivity contribution is 0.150. The molecular weight excluding hydrogens is 378 g/mol. The minimum atomic E-state index is -2.58. The summed E-state index contributed by atoms with van der Waals surface area (Å²) in [6.07, 6.45) is -2.58. The molecule has 0 aliphatic heterocycles. The predicted molar refractivity (Wildman–Crippen MR) is 59.6 cm³/mol. The van der Waals surface area contributed by atoms with E-state index in [1.54, 1.807) is 6.07 Å². The molecule has 0 unspecified atom stereocenters. The standard InChI is InChI=1S/C7H4BrClF2IN/c8-2-3-1-4(12)13-6(9)5(3)7(10)11/h1,7H,2H2. The highest BCUT2D eigenvalue weighted by atomic mass is 127. The Bertz CT molecular complexity index is 322. The van der Waals surface area contributed by atoms with Crippen LogP contribution in [0.4, 0.5) is 8.78 Å². The van der Waals surface area contributed by atoms with E-state index < -0.39 is 6.43 Å². The van der Waals surface area contributed by atoms with Gasteiger partial charge >= 0.3 is 0 Å². The molecule has 72 valence electrons. The van der Waals surface area contributed by atoms with Gasteiger partial charge < -0.3 is 0 Å². The van der Waals surface area contributed by atoms with Crippen LogP contribution in [-0.4, -0.2) is 4.98 Å². The lowest BCUT2D eigenvalue weighted by atomic mass is 10.2. The van der Waals surface area contributed by atoms with Gasteiger partial charge in [0.25, 0.3) is 6.43 Å². The minimum absolute atomic E-state index is 0.114. The summed E-state index contributed by atoms with van der Waals surface area (Å²) in [5.41, 5.74) is 0.304. The van der Waals surface area contributed by atoms with Crippen LogP contribution in [0.1, 0.15) is 17.6 Å². The van der Waals surface area contributed by atoms with E-state index in [-0.39, 0.29) is 10.7 Å². The molecule has 0 amide bonds. The van der Waals surface area contributed by atoms with Gasteiger partial charge in [-0.1, -0.05) is 27.5 Å². The van der Waals surface area contributed by atoms with Crippen molar-refractivity contribution in [2.75, 3.05) is 0 Å². The quantitative estimate of drug-likeness (QED) is 0.425. The Morgan fingerprint density at radius 3 is 2.69 bits per heavy atom. The van der Waals surface area contributed by atoms with Gasteiger partial charge in [-0.25, -0.2) is 13.8 Å². The fourth-order valence-corrected chi connectivity index (χ4v) is 2.40. The van der Waals surface area contributed by atoms with Gasteiger partial charge in [-0.15, -0.1) is 0 Å². The molecule has 1 nitrogen and oxygen atoms in total. The van der Waals surface area contributed by atoms with Crippen LogP contribution in [0, 0.1) is 3.70 Å². The average Bonchev–Trinajstić information content (AvgIpc) is 2.01. The zero-order valence-corrected chi connectivity index (χ0v) is 10.7. The normalized spacial score (nSPS) is 10.9. The lowest BCUT2D eigenvalue weighted by Gasteiger charge is -2.07. The van der Waals surface area contributed by atoms with Crippen LogP contribution < -0.4 is 0 Å². The van der Waals surface area contributed by atoms with Crippen molar-refractivity contribution in [3.05, 3.63) is 26.0 Å². The highest BCUT2D eigenvalue weighted by molar-refractivity contribution is 14.1. The first-order chi connectivity index (χ1) is 6.06. The van der Waals surface area contributed by atoms with Gasteiger partial charge in [0.2, 0.25) is 0 Å². The van der Waals surface area contributed by atoms with Gasteiger partial charge in [0, 0.05) is 5.33 Å². The molecule has 1 heterocycles. The van der Waals surface area contributed by atoms with Crippen molar-refractivity contribution >= 4 is 50.1 Å². The van der Waals surface area contributed by atoms with Crippen molar-refractivity contribution in [2.24, 2.45) is 0 Å². The summed E-state index contributed by atoms with van der Waals surface area (Å²) in [6.45, 7) is 0. The number of hydrogen-bond acceptors (Lipinski definition) is 1. The molecule has 0 bridgehead atoms. The predicted octanol–water partition coefficient (Wildman–Crippen LogP) is 4.17. The monoisotopic (exact) mass is 381 g/mol. The van der Waals surface area contributed by atoms with Crippen LogP contribution in [0.2, 0.25) is 5.15 Å². The largest absolute Gasteiger partial charge is 0.267 e. The number of pyridine rings is 1. The highest BCUT2D eigenvalue weighted by Crippen LogP contribution is 2.31. The molecule has 0 aliphatic rings. The van der Waals surface area contributed by atoms with E-state index in [0.717, 1.165) is 0 Å². The molecule has 0 aliphatic carbocycles. The Hall–Kier alpha value is 0.510. The first kappa shape index (κ1) is 11.6. The third kappa shape index (κ3) is 2.73. The van der Waals surface area contributed by atoms with E-state index in [1.165, 1.54) is 0 Å². The molecule has 0 fully saturated rings. The maximum Gasteiger partial charge on any atom is 0.267 e. The highest BCUT2D eigenvalue weighted by Gasteiger charge is 2.18. The molecule has 6 heteroatoms. The average molecular weight is 382 g/mol. The number of aromatic nitrogens is 1. The fraction of sp³-hybridized carbons (Fsp3) is 0.286. The van der Waals surface area contributed by atoms with Crippen LogP contribution in [0.25, 0.3) is 0 Å². The van der Waals surface area contributed by atoms with Crippen molar-refractivity contribution in [1.82, 2.24) is 4.98 Å². The van der Waals surface area contributed by atoms with Gasteiger partial charge in [-0.2, -0.15) is 0 Å². The molecule has 0 saturated heterocycles. The van der Waals surface area contributed by atoms with Crippen molar-refractivity contribution in [1.29, 1.82) is 0 Å². The van der Waals surface area contributed by atoms with Crippen LogP contribution >= 0.6 is 50.1 Å². The first-order valence-electron chi connectivity index (χ1n) is 3.25. The summed E-state index contributed by atoms with van der Waals surface area (Å²) < 4.78 is 25.5. The summed E-state index contributed by atoms with van der Waals surface area (Å²) in [7, 11) is 0. The van der Waals surface area contributed by atoms with E-state index in [2.05, 4.69) is 20.9 Å². The van der Waals surface area contributed by atoms with E-state index in [0.29, 0.717) is 14.6 Å². The van der Waals surface area contributed by atoms with Crippen molar-refractivity contribution in [2.45, 2.75) is 11.8 Å². The van der Waals surface area contributed by atoms with E-state index in [4.69, 9.17) is 11.6 Å². The molecule has 0 atom stereocenters. The third-order valence-electron chi connectivity index (χ3n) is 1.43. The number of halogens is 5. The smallest absolute Gasteiger partial charge is 0.230 e. The maximum absolute atomic E-state index is 12.5. The van der Waals surface area contributed by atoms with Gasteiger partial charge in [-0.05, 0) is 34.2 Å². The second-order valence-electron chi connectivity index (χ2n) is 2.24. The van der Waals surface area contributed by atoms with Gasteiger partial charge in [0.05, 0.1) is 5.56 Å². The molecule has 0 spiro atoms. The summed E-state index contributed by atoms with van der Waals surface area (Å²) in [5.74, 6) is 0. The van der Waals surface area contributed by atoms with Crippen LogP contribution in [0.3, 0.4) is 0 Å². The maximum atomic E-state index is 12.5. The van der Waals surface area contributed by atoms with Gasteiger partial charge in [0.1, 0.15) is 8.85 Å². The zero-order chi connectivity index (χ0) is 10.0. The molecule has 13 heavy (non-hydrogen) atoms. The van der Waals surface area contributed by atoms with Crippen molar-refractivity contribution < 1.29 is 8.78 Å². The van der Waals surface area contributed by atoms with Crippen molar-refractivity contribution in [3.8, 4) is 0 Å². The zero-order valence-electron chi connectivity index (χ0n) is 6.20. The molecule has 1 aromatic heterocycles. The summed E-state index contributed by atoms with van der Waals surface area (Å²) in [6, 6.07) is 1.59.